The number of hydrogen-bond acceptors (Lipinski definition) is 2. The SMILES string of the molecule is CCCCc1c(C)n(CCCN)c2c(CC)cc(C(=O)O)cc12. The molecule has 0 amide bonds. The van der Waals surface area contributed by atoms with E-state index in [0.29, 0.717) is 12.1 Å². The maximum Gasteiger partial charge on any atom is 0.335 e. The van der Waals surface area contributed by atoms with Gasteiger partial charge in [0.25, 0.3) is 0 Å². The Morgan fingerprint density at radius 2 is 2.00 bits per heavy atom. The predicted molar refractivity (Wildman–Crippen MR) is 95.3 cm³/mol. The number of aryl methyl sites for hydroxylation is 3. The number of nitrogens with zero attached hydrogens (tertiary/aromatic N) is 1. The molecule has 0 fully saturated rings. The number of benzene rings is 1. The molecule has 23 heavy (non-hydrogen) atoms. The van der Waals surface area contributed by atoms with Crippen molar-refractivity contribution in [2.75, 3.05) is 6.54 Å². The molecule has 0 saturated carbocycles. The van der Waals surface area contributed by atoms with Crippen LogP contribution in [0.5, 0.6) is 0 Å². The molecule has 1 aromatic heterocycles. The zero-order chi connectivity index (χ0) is 17.0. The minimum atomic E-state index is -0.851. The van der Waals surface area contributed by atoms with Crippen molar-refractivity contribution in [3.05, 3.63) is 34.5 Å². The van der Waals surface area contributed by atoms with Crippen LogP contribution in [0, 0.1) is 6.92 Å². The van der Waals surface area contributed by atoms with Crippen LogP contribution >= 0.6 is 0 Å². The molecule has 0 bridgehead atoms. The van der Waals surface area contributed by atoms with E-state index in [9.17, 15) is 9.90 Å². The second-order valence-electron chi connectivity index (χ2n) is 6.15. The third kappa shape index (κ3) is 3.42. The van der Waals surface area contributed by atoms with Gasteiger partial charge in [0.05, 0.1) is 11.1 Å². The maximum absolute atomic E-state index is 11.5. The number of carboxylic acids is 1. The molecule has 3 N–H and O–H groups in total. The highest BCUT2D eigenvalue weighted by atomic mass is 16.4. The summed E-state index contributed by atoms with van der Waals surface area (Å²) in [5, 5.41) is 10.5. The van der Waals surface area contributed by atoms with Gasteiger partial charge in [0.1, 0.15) is 0 Å². The summed E-state index contributed by atoms with van der Waals surface area (Å²) in [6.45, 7) is 7.98. The molecule has 4 heteroatoms. The van der Waals surface area contributed by atoms with E-state index in [1.807, 2.05) is 12.1 Å². The van der Waals surface area contributed by atoms with Crippen molar-refractivity contribution in [1.29, 1.82) is 0 Å². The van der Waals surface area contributed by atoms with Gasteiger partial charge in [0, 0.05) is 17.6 Å². The lowest BCUT2D eigenvalue weighted by Crippen LogP contribution is -2.08. The number of nitrogens with two attached hydrogens (primary N) is 1. The highest BCUT2D eigenvalue weighted by Gasteiger charge is 2.18. The Morgan fingerprint density at radius 1 is 1.26 bits per heavy atom. The highest BCUT2D eigenvalue weighted by molar-refractivity contribution is 5.97. The number of carbonyl (C=O) groups is 1. The summed E-state index contributed by atoms with van der Waals surface area (Å²) in [4.78, 5) is 11.5. The molecule has 0 radical (unpaired) electrons. The molecule has 1 heterocycles. The second kappa shape index (κ2) is 7.64. The minimum absolute atomic E-state index is 0.392. The van der Waals surface area contributed by atoms with Crippen LogP contribution in [0.3, 0.4) is 0 Å². The Bertz CT molecular complexity index is 701. The normalized spacial score (nSPS) is 11.3. The number of aromatic carboxylic acids is 1. The molecule has 0 unspecified atom stereocenters. The molecule has 0 aliphatic rings. The average molecular weight is 316 g/mol. The molecular formula is C19H28N2O2. The summed E-state index contributed by atoms with van der Waals surface area (Å²) >= 11 is 0. The van der Waals surface area contributed by atoms with Crippen molar-refractivity contribution in [3.63, 3.8) is 0 Å². The third-order valence-corrected chi connectivity index (χ3v) is 4.62. The largest absolute Gasteiger partial charge is 0.478 e. The summed E-state index contributed by atoms with van der Waals surface area (Å²) in [6, 6.07) is 3.68. The zero-order valence-electron chi connectivity index (χ0n) is 14.5. The van der Waals surface area contributed by atoms with E-state index in [4.69, 9.17) is 5.73 Å². The first-order valence-electron chi connectivity index (χ1n) is 8.63. The molecule has 2 rings (SSSR count). The fourth-order valence-corrected chi connectivity index (χ4v) is 3.36. The summed E-state index contributed by atoms with van der Waals surface area (Å²) in [5.41, 5.74) is 11.0. The number of carboxylic acid groups (broad SMARTS) is 1. The average Bonchev–Trinajstić information content (AvgIpc) is 2.81. The van der Waals surface area contributed by atoms with Gasteiger partial charge < -0.3 is 15.4 Å². The van der Waals surface area contributed by atoms with Crippen LogP contribution in [0.25, 0.3) is 10.9 Å². The molecule has 126 valence electrons. The van der Waals surface area contributed by atoms with Crippen LogP contribution in [0.15, 0.2) is 12.1 Å². The molecule has 2 aromatic rings. The van der Waals surface area contributed by atoms with E-state index in [1.54, 1.807) is 0 Å². The third-order valence-electron chi connectivity index (χ3n) is 4.62. The Hall–Kier alpha value is -1.81. The van der Waals surface area contributed by atoms with Crippen LogP contribution < -0.4 is 5.73 Å². The first-order chi connectivity index (χ1) is 11.0. The van der Waals surface area contributed by atoms with Crippen molar-refractivity contribution in [2.24, 2.45) is 5.73 Å². The number of aromatic nitrogens is 1. The Morgan fingerprint density at radius 3 is 2.57 bits per heavy atom. The lowest BCUT2D eigenvalue weighted by Gasteiger charge is -2.11. The fraction of sp³-hybridized carbons (Fsp3) is 0.526. The summed E-state index contributed by atoms with van der Waals surface area (Å²) in [5.74, 6) is -0.851. The van der Waals surface area contributed by atoms with Crippen molar-refractivity contribution in [1.82, 2.24) is 4.57 Å². The van der Waals surface area contributed by atoms with Crippen molar-refractivity contribution in [3.8, 4) is 0 Å². The lowest BCUT2D eigenvalue weighted by molar-refractivity contribution is 0.0697. The molecule has 4 nitrogen and oxygen atoms in total. The van der Waals surface area contributed by atoms with Gasteiger partial charge in [-0.2, -0.15) is 0 Å². The summed E-state index contributed by atoms with van der Waals surface area (Å²) in [6.07, 6.45) is 5.02. The van der Waals surface area contributed by atoms with E-state index in [-0.39, 0.29) is 0 Å². The van der Waals surface area contributed by atoms with Gasteiger partial charge in [-0.15, -0.1) is 0 Å². The molecule has 0 saturated heterocycles. The van der Waals surface area contributed by atoms with Gasteiger partial charge in [0.2, 0.25) is 0 Å². The Kier molecular flexibility index (Phi) is 5.83. The fourth-order valence-electron chi connectivity index (χ4n) is 3.36. The van der Waals surface area contributed by atoms with Crippen LogP contribution in [0.4, 0.5) is 0 Å². The highest BCUT2D eigenvalue weighted by Crippen LogP contribution is 2.32. The molecule has 0 atom stereocenters. The number of unbranched alkanes of at least 4 members (excludes halogenated alkanes) is 1. The van der Waals surface area contributed by atoms with Gasteiger partial charge in [-0.25, -0.2) is 4.79 Å². The van der Waals surface area contributed by atoms with Gasteiger partial charge in [-0.05, 0) is 62.4 Å². The minimum Gasteiger partial charge on any atom is -0.478 e. The van der Waals surface area contributed by atoms with Crippen molar-refractivity contribution >= 4 is 16.9 Å². The molecule has 0 spiro atoms. The van der Waals surface area contributed by atoms with Gasteiger partial charge in [-0.1, -0.05) is 20.3 Å². The first kappa shape index (κ1) is 17.5. The standard InChI is InChI=1S/C19H28N2O2/c1-4-6-8-16-13(3)21(10-7-9-20)18-14(5-2)11-15(19(22)23)12-17(16)18/h11-12H,4-10,20H2,1-3H3,(H,22,23). The summed E-state index contributed by atoms with van der Waals surface area (Å²) in [7, 11) is 0. The molecule has 1 aromatic carbocycles. The van der Waals surface area contributed by atoms with E-state index in [0.717, 1.165) is 49.6 Å². The number of fused-ring (bicyclic) bond motifs is 1. The number of rotatable bonds is 8. The van der Waals surface area contributed by atoms with Gasteiger partial charge in [-0.3, -0.25) is 0 Å². The maximum atomic E-state index is 11.5. The zero-order valence-corrected chi connectivity index (χ0v) is 14.5. The van der Waals surface area contributed by atoms with E-state index >= 15 is 0 Å². The van der Waals surface area contributed by atoms with Crippen LogP contribution in [0.1, 0.15) is 60.3 Å². The van der Waals surface area contributed by atoms with Crippen LogP contribution in [0.2, 0.25) is 0 Å². The molecular weight excluding hydrogens is 288 g/mol. The smallest absolute Gasteiger partial charge is 0.335 e. The van der Waals surface area contributed by atoms with Crippen LogP contribution in [-0.2, 0) is 19.4 Å². The molecule has 0 aliphatic heterocycles. The van der Waals surface area contributed by atoms with Crippen molar-refractivity contribution < 1.29 is 9.90 Å². The lowest BCUT2D eigenvalue weighted by atomic mass is 9.99. The van der Waals surface area contributed by atoms with E-state index < -0.39 is 5.97 Å². The Labute approximate surface area is 138 Å². The Balaban J connectivity index is 2.73. The van der Waals surface area contributed by atoms with E-state index in [1.165, 1.54) is 16.8 Å². The summed E-state index contributed by atoms with van der Waals surface area (Å²) < 4.78 is 2.34. The predicted octanol–water partition coefficient (Wildman–Crippen LogP) is 3.90. The monoisotopic (exact) mass is 316 g/mol. The molecule has 0 aliphatic carbocycles. The van der Waals surface area contributed by atoms with Crippen LogP contribution in [-0.4, -0.2) is 22.2 Å². The second-order valence-corrected chi connectivity index (χ2v) is 6.15. The van der Waals surface area contributed by atoms with E-state index in [2.05, 4.69) is 25.3 Å². The van der Waals surface area contributed by atoms with Gasteiger partial charge >= 0.3 is 5.97 Å². The van der Waals surface area contributed by atoms with Crippen molar-refractivity contribution in [2.45, 2.75) is 59.4 Å². The number of hydrogen-bond donors (Lipinski definition) is 2. The topological polar surface area (TPSA) is 68.2 Å². The quantitative estimate of drug-likeness (QED) is 0.776. The first-order valence-corrected chi connectivity index (χ1v) is 8.63. The van der Waals surface area contributed by atoms with Gasteiger partial charge in [0.15, 0.2) is 0 Å².